The number of ketones is 2. The lowest BCUT2D eigenvalue weighted by molar-refractivity contribution is -0.129. The summed E-state index contributed by atoms with van der Waals surface area (Å²) in [7, 11) is 0. The Balaban J connectivity index is 1.15. The number of carbonyl (C=O) groups is 2. The fourth-order valence-electron chi connectivity index (χ4n) is 7.06. The topological polar surface area (TPSA) is 148 Å². The first-order chi connectivity index (χ1) is 23.3. The number of benzene rings is 2. The Hall–Kier alpha value is -4.76. The predicted molar refractivity (Wildman–Crippen MR) is 184 cm³/mol. The lowest BCUT2D eigenvalue weighted by Crippen LogP contribution is -2.32. The number of aromatic hydroxyl groups is 2. The van der Waals surface area contributed by atoms with Crippen LogP contribution in [0.25, 0.3) is 11.4 Å². The molecule has 2 aliphatic carbocycles. The van der Waals surface area contributed by atoms with Crippen molar-refractivity contribution in [2.24, 2.45) is 5.92 Å². The van der Waals surface area contributed by atoms with Gasteiger partial charge < -0.3 is 35.3 Å². The molecule has 2 heterocycles. The molecule has 252 valence electrons. The molecular weight excluding hydrogens is 606 g/mol. The highest BCUT2D eigenvalue weighted by Crippen LogP contribution is 2.43. The molecule has 2 aromatic carbocycles. The Morgan fingerprint density at radius 2 is 1.83 bits per heavy atom. The van der Waals surface area contributed by atoms with Crippen molar-refractivity contribution in [1.82, 2.24) is 9.97 Å². The van der Waals surface area contributed by atoms with E-state index in [1.165, 1.54) is 0 Å². The van der Waals surface area contributed by atoms with E-state index in [9.17, 15) is 24.9 Å². The summed E-state index contributed by atoms with van der Waals surface area (Å²) in [5.74, 6) is 0.0317. The molecule has 4 N–H and O–H groups in total. The average Bonchev–Trinajstić information content (AvgIpc) is 3.87. The summed E-state index contributed by atoms with van der Waals surface area (Å²) >= 11 is 0. The third-order valence-electron chi connectivity index (χ3n) is 9.53. The van der Waals surface area contributed by atoms with E-state index in [-0.39, 0.29) is 54.5 Å². The normalized spacial score (nSPS) is 18.2. The van der Waals surface area contributed by atoms with E-state index in [0.29, 0.717) is 37.3 Å². The van der Waals surface area contributed by atoms with Gasteiger partial charge in [-0.25, -0.2) is 0 Å². The maximum atomic E-state index is 14.1. The first kappa shape index (κ1) is 33.2. The van der Waals surface area contributed by atoms with Gasteiger partial charge >= 0.3 is 0 Å². The highest BCUT2D eigenvalue weighted by atomic mass is 16.5. The lowest BCUT2D eigenvalue weighted by atomic mass is 9.71. The third kappa shape index (κ3) is 8.39. The lowest BCUT2D eigenvalue weighted by Gasteiger charge is -2.36. The molecule has 2 aliphatic rings. The number of aliphatic hydroxyl groups is 1. The number of hydrogen-bond donors (Lipinski definition) is 4. The fraction of sp³-hybridized carbons (Fsp3) is 0.385. The zero-order valence-electron chi connectivity index (χ0n) is 27.1. The van der Waals surface area contributed by atoms with Crippen molar-refractivity contribution in [3.8, 4) is 17.2 Å². The average molecular weight is 650 g/mol. The second kappa shape index (κ2) is 15.4. The number of H-pyrrole nitrogens is 1. The van der Waals surface area contributed by atoms with Gasteiger partial charge in [-0.3, -0.25) is 9.59 Å². The van der Waals surface area contributed by atoms with Crippen LogP contribution >= 0.6 is 0 Å². The standard InChI is InChI=1S/C39H43N3O6/c43-28-6-3-5-25(19-28)10-13-29(44)22-33-32-16-18-40-34(32)21-27(24-42-38-9-4-17-41-38)39(33)36(47)23-30(45)14-11-26-12-15-35(46)37(20-26)48-31-7-1-2-8-31/h3-6,9,12,15-21,29,31,33,39,41,43-44,46H,1-2,7-8,10-11,13-14,22-24H2/q-2. The Morgan fingerprint density at radius 3 is 2.62 bits per heavy atom. The summed E-state index contributed by atoms with van der Waals surface area (Å²) in [5.41, 5.74) is 4.20. The van der Waals surface area contributed by atoms with Crippen molar-refractivity contribution in [2.75, 3.05) is 6.54 Å². The first-order valence-electron chi connectivity index (χ1n) is 16.9. The van der Waals surface area contributed by atoms with Gasteiger partial charge in [0.05, 0.1) is 18.6 Å². The monoisotopic (exact) mass is 649 g/mol. The van der Waals surface area contributed by atoms with Crippen LogP contribution in [0.3, 0.4) is 0 Å². The zero-order valence-corrected chi connectivity index (χ0v) is 27.1. The molecule has 48 heavy (non-hydrogen) atoms. The number of Topliss-reactive ketones (excluding diaryl/α,β-unsaturated/α-hetero) is 2. The minimum atomic E-state index is -0.721. The van der Waals surface area contributed by atoms with Crippen molar-refractivity contribution in [1.29, 1.82) is 0 Å². The van der Waals surface area contributed by atoms with Crippen molar-refractivity contribution >= 4 is 23.5 Å². The molecule has 0 aliphatic heterocycles. The second-order valence-electron chi connectivity index (χ2n) is 13.1. The van der Waals surface area contributed by atoms with E-state index in [2.05, 4.69) is 15.3 Å². The summed E-state index contributed by atoms with van der Waals surface area (Å²) in [5, 5.41) is 36.1. The number of phenolic OH excluding ortho intramolecular Hbond substituents is 2. The molecule has 4 aromatic rings. The van der Waals surface area contributed by atoms with Gasteiger partial charge in [-0.05, 0) is 99.2 Å². The van der Waals surface area contributed by atoms with Crippen LogP contribution in [0.5, 0.6) is 17.2 Å². The summed E-state index contributed by atoms with van der Waals surface area (Å²) in [6.07, 6.45) is 10.7. The van der Waals surface area contributed by atoms with Gasteiger partial charge in [-0.15, -0.1) is 5.69 Å². The molecule has 9 heteroatoms. The number of rotatable bonds is 16. The Labute approximate surface area is 281 Å². The number of nitrogens with zero attached hydrogens (tertiary/aromatic N) is 2. The maximum absolute atomic E-state index is 14.1. The highest BCUT2D eigenvalue weighted by molar-refractivity contribution is 6.02. The van der Waals surface area contributed by atoms with E-state index in [1.807, 2.05) is 30.3 Å². The number of carbonyl (C=O) groups excluding carboxylic acids is 2. The minimum absolute atomic E-state index is 0.0880. The van der Waals surface area contributed by atoms with Crippen LogP contribution in [-0.2, 0) is 22.4 Å². The fourth-order valence-corrected chi connectivity index (χ4v) is 7.06. The molecule has 9 nitrogen and oxygen atoms in total. The minimum Gasteiger partial charge on any atom is -0.664 e. The molecule has 0 saturated heterocycles. The third-order valence-corrected chi connectivity index (χ3v) is 9.53. The van der Waals surface area contributed by atoms with Crippen LogP contribution in [0.1, 0.15) is 79.7 Å². The number of ether oxygens (including phenoxy) is 1. The Bertz CT molecular complexity index is 1720. The summed E-state index contributed by atoms with van der Waals surface area (Å²) in [6, 6.07) is 17.8. The summed E-state index contributed by atoms with van der Waals surface area (Å²) in [6.45, 7) is 0.255. The summed E-state index contributed by atoms with van der Waals surface area (Å²) in [4.78, 5) is 35.1. The van der Waals surface area contributed by atoms with Crippen LogP contribution in [-0.4, -0.2) is 50.6 Å². The quantitative estimate of drug-likeness (QED) is 0.0951. The van der Waals surface area contributed by atoms with E-state index >= 15 is 0 Å². The van der Waals surface area contributed by atoms with Crippen molar-refractivity contribution in [2.45, 2.75) is 82.3 Å². The molecule has 1 saturated carbocycles. The predicted octanol–water partition coefficient (Wildman–Crippen LogP) is 7.05. The van der Waals surface area contributed by atoms with Crippen LogP contribution in [0.15, 0.2) is 78.6 Å². The van der Waals surface area contributed by atoms with Gasteiger partial charge in [0.1, 0.15) is 17.3 Å². The SMILES string of the molecule is O=C(CCc1ccc(O)c(OC2CCCC2)c1)CC(=O)C1C(C[N-]c2ccc[nH]2)=Cc2[n-]ccc2C1CC(O)CCc1cccc(O)c1. The van der Waals surface area contributed by atoms with Gasteiger partial charge in [0.2, 0.25) is 0 Å². The van der Waals surface area contributed by atoms with E-state index < -0.39 is 12.0 Å². The van der Waals surface area contributed by atoms with Crippen LogP contribution < -0.4 is 9.72 Å². The molecule has 3 atom stereocenters. The second-order valence-corrected chi connectivity index (χ2v) is 13.1. The largest absolute Gasteiger partial charge is 0.664 e. The Morgan fingerprint density at radius 1 is 1.00 bits per heavy atom. The number of aliphatic hydroxyl groups excluding tert-OH is 1. The zero-order chi connectivity index (χ0) is 33.5. The number of aromatic amines is 1. The highest BCUT2D eigenvalue weighted by Gasteiger charge is 2.36. The van der Waals surface area contributed by atoms with E-state index in [4.69, 9.17) is 4.74 Å². The van der Waals surface area contributed by atoms with Crippen LogP contribution in [0, 0.1) is 5.92 Å². The maximum Gasteiger partial charge on any atom is 0.161 e. The number of fused-ring (bicyclic) bond motifs is 1. The molecule has 0 amide bonds. The summed E-state index contributed by atoms with van der Waals surface area (Å²) < 4.78 is 6.03. The number of aromatic nitrogens is 2. The number of hydrogen-bond acceptors (Lipinski definition) is 6. The molecule has 0 bridgehead atoms. The first-order valence-corrected chi connectivity index (χ1v) is 16.9. The molecule has 0 radical (unpaired) electrons. The van der Waals surface area contributed by atoms with E-state index in [1.54, 1.807) is 48.8 Å². The van der Waals surface area contributed by atoms with Crippen LogP contribution in [0.4, 0.5) is 5.82 Å². The van der Waals surface area contributed by atoms with Gasteiger partial charge in [-0.2, -0.15) is 6.20 Å². The van der Waals surface area contributed by atoms with E-state index in [0.717, 1.165) is 53.6 Å². The van der Waals surface area contributed by atoms with Gasteiger partial charge in [-0.1, -0.05) is 65.6 Å². The molecule has 0 spiro atoms. The number of nitrogens with one attached hydrogen (secondary N) is 1. The molecule has 1 fully saturated rings. The van der Waals surface area contributed by atoms with Crippen molar-refractivity contribution in [3.05, 3.63) is 106 Å². The van der Waals surface area contributed by atoms with Crippen molar-refractivity contribution in [3.63, 3.8) is 0 Å². The Kier molecular flexibility index (Phi) is 10.7. The molecular formula is C39H43N3O6-2. The smallest absolute Gasteiger partial charge is 0.161 e. The number of aryl methyl sites for hydroxylation is 2. The van der Waals surface area contributed by atoms with Gasteiger partial charge in [0.15, 0.2) is 11.5 Å². The van der Waals surface area contributed by atoms with Crippen molar-refractivity contribution < 1.29 is 29.6 Å². The van der Waals surface area contributed by atoms with Gasteiger partial charge in [0, 0.05) is 12.3 Å². The molecule has 3 unspecified atom stereocenters. The van der Waals surface area contributed by atoms with Gasteiger partial charge in [0.25, 0.3) is 0 Å². The van der Waals surface area contributed by atoms with Crippen LogP contribution in [0.2, 0.25) is 0 Å². The number of phenols is 2. The molecule has 6 rings (SSSR count). The molecule has 2 aromatic heterocycles.